The van der Waals surface area contributed by atoms with Gasteiger partial charge in [0.05, 0.1) is 15.9 Å². The van der Waals surface area contributed by atoms with Gasteiger partial charge in [-0.25, -0.2) is 4.68 Å². The van der Waals surface area contributed by atoms with E-state index >= 15 is 0 Å². The second-order valence-electron chi connectivity index (χ2n) is 9.16. The summed E-state index contributed by atoms with van der Waals surface area (Å²) in [6.07, 6.45) is 9.22. The molecule has 0 unspecified atom stereocenters. The van der Waals surface area contributed by atoms with Crippen LogP contribution >= 0.6 is 11.3 Å². The number of hydrogen-bond acceptors (Lipinski definition) is 6. The van der Waals surface area contributed by atoms with Crippen molar-refractivity contribution < 1.29 is 4.74 Å². The second-order valence-corrected chi connectivity index (χ2v) is 10.2. The summed E-state index contributed by atoms with van der Waals surface area (Å²) < 4.78 is 9.26. The summed E-state index contributed by atoms with van der Waals surface area (Å²) in [5.74, 6) is 1.25. The molecule has 0 aliphatic carbocycles. The molecule has 3 aromatic heterocycles. The minimum absolute atomic E-state index is 0.210. The smallest absolute Gasteiger partial charge is 0.291 e. The van der Waals surface area contributed by atoms with Crippen molar-refractivity contribution in [1.82, 2.24) is 24.4 Å². The molecule has 0 amide bonds. The number of nitrogens with zero attached hydrogens (tertiary/aromatic N) is 5. The molecule has 0 saturated carbocycles. The normalized spacial score (nSPS) is 12.0. The molecule has 0 bridgehead atoms. The summed E-state index contributed by atoms with van der Waals surface area (Å²) in [7, 11) is 0. The number of benzene rings is 3. The van der Waals surface area contributed by atoms with E-state index < -0.39 is 0 Å². The van der Waals surface area contributed by atoms with Gasteiger partial charge in [0.2, 0.25) is 4.96 Å². The highest BCUT2D eigenvalue weighted by Crippen LogP contribution is 2.25. The largest absolute Gasteiger partial charge is 0.490 e. The van der Waals surface area contributed by atoms with E-state index in [1.807, 2.05) is 89.8 Å². The van der Waals surface area contributed by atoms with Crippen LogP contribution in [0.4, 0.5) is 0 Å². The molecule has 0 spiro atoms. The van der Waals surface area contributed by atoms with Gasteiger partial charge in [-0.05, 0) is 48.9 Å². The molecule has 7 nitrogen and oxygen atoms in total. The van der Waals surface area contributed by atoms with Crippen molar-refractivity contribution in [2.45, 2.75) is 6.92 Å². The predicted molar refractivity (Wildman–Crippen MR) is 161 cm³/mol. The second kappa shape index (κ2) is 11.0. The zero-order valence-corrected chi connectivity index (χ0v) is 22.6. The van der Waals surface area contributed by atoms with Crippen molar-refractivity contribution >= 4 is 34.5 Å². The van der Waals surface area contributed by atoms with Crippen LogP contribution in [0.2, 0.25) is 0 Å². The van der Waals surface area contributed by atoms with Crippen molar-refractivity contribution in [2.75, 3.05) is 6.61 Å². The number of hydrogen-bond donors (Lipinski definition) is 0. The highest BCUT2D eigenvalue weighted by atomic mass is 32.1. The van der Waals surface area contributed by atoms with Gasteiger partial charge in [-0.3, -0.25) is 4.79 Å². The molecule has 0 aliphatic rings. The zero-order chi connectivity index (χ0) is 27.5. The van der Waals surface area contributed by atoms with Crippen molar-refractivity contribution in [2.24, 2.45) is 0 Å². The third-order valence-electron chi connectivity index (χ3n) is 6.25. The standard InChI is InChI=1S/C32H25N5O2S/c1-3-19-39-27-16-11-23(12-17-27)13-18-29-33-32-37(34-29)31(38)28(40-32)20-25-21-36(26-7-5-4-6-8-26)35-30(25)24-14-9-22(2)10-15-24/h3-18,20-21H,1,19H2,2H3/b18-13+,28-20-. The summed E-state index contributed by atoms with van der Waals surface area (Å²) in [5, 5.41) is 9.29. The van der Waals surface area contributed by atoms with Crippen LogP contribution in [0, 0.1) is 6.92 Å². The van der Waals surface area contributed by atoms with E-state index in [0.29, 0.717) is 21.9 Å². The Morgan fingerprint density at radius 1 is 0.950 bits per heavy atom. The molecule has 0 fully saturated rings. The Hall–Kier alpha value is -5.08. The van der Waals surface area contributed by atoms with E-state index in [0.717, 1.165) is 33.8 Å². The van der Waals surface area contributed by atoms with E-state index in [1.54, 1.807) is 12.2 Å². The molecule has 0 aliphatic heterocycles. The lowest BCUT2D eigenvalue weighted by Crippen LogP contribution is -2.23. The molecule has 0 N–H and O–H groups in total. The van der Waals surface area contributed by atoms with Gasteiger partial charge in [0.15, 0.2) is 5.82 Å². The molecule has 0 saturated heterocycles. The molecule has 0 radical (unpaired) electrons. The number of aryl methyl sites for hydroxylation is 1. The van der Waals surface area contributed by atoms with Crippen molar-refractivity contribution in [3.63, 3.8) is 0 Å². The maximum atomic E-state index is 13.3. The maximum absolute atomic E-state index is 13.3. The molecule has 40 heavy (non-hydrogen) atoms. The Labute approximate surface area is 234 Å². The van der Waals surface area contributed by atoms with Crippen molar-refractivity contribution in [1.29, 1.82) is 0 Å². The van der Waals surface area contributed by atoms with Crippen molar-refractivity contribution in [3.8, 4) is 22.7 Å². The fourth-order valence-corrected chi connectivity index (χ4v) is 5.11. The lowest BCUT2D eigenvalue weighted by atomic mass is 10.1. The van der Waals surface area contributed by atoms with Gasteiger partial charge in [-0.1, -0.05) is 90.2 Å². The highest BCUT2D eigenvalue weighted by Gasteiger charge is 2.14. The maximum Gasteiger partial charge on any atom is 0.291 e. The topological polar surface area (TPSA) is 74.3 Å². The van der Waals surface area contributed by atoms with Crippen LogP contribution in [0.25, 0.3) is 40.1 Å². The average molecular weight is 544 g/mol. The van der Waals surface area contributed by atoms with Gasteiger partial charge in [-0.15, -0.1) is 5.10 Å². The SMILES string of the molecule is C=CCOc1ccc(/C=C/c2nc3s/c(=C\c4cn(-c5ccccc5)nc4-c4ccc(C)cc4)c(=O)n3n2)cc1. The van der Waals surface area contributed by atoms with E-state index in [2.05, 4.69) is 35.7 Å². The Bertz CT molecular complexity index is 1930. The quantitative estimate of drug-likeness (QED) is 0.234. The van der Waals surface area contributed by atoms with Gasteiger partial charge >= 0.3 is 0 Å². The molecular weight excluding hydrogens is 518 g/mol. The minimum Gasteiger partial charge on any atom is -0.490 e. The molecule has 196 valence electrons. The Morgan fingerprint density at radius 2 is 1.73 bits per heavy atom. The van der Waals surface area contributed by atoms with E-state index in [9.17, 15) is 4.79 Å². The fraction of sp³-hybridized carbons (Fsp3) is 0.0625. The van der Waals surface area contributed by atoms with E-state index in [-0.39, 0.29) is 5.56 Å². The predicted octanol–water partition coefficient (Wildman–Crippen LogP) is 5.60. The van der Waals surface area contributed by atoms with Crippen LogP contribution in [0.5, 0.6) is 5.75 Å². The summed E-state index contributed by atoms with van der Waals surface area (Å²) in [5.41, 5.74) is 5.49. The average Bonchev–Trinajstić information content (AvgIpc) is 3.67. The van der Waals surface area contributed by atoms with Crippen LogP contribution in [0.3, 0.4) is 0 Å². The summed E-state index contributed by atoms with van der Waals surface area (Å²) in [6, 6.07) is 25.8. The first kappa shape index (κ1) is 25.2. The zero-order valence-electron chi connectivity index (χ0n) is 21.8. The molecule has 0 atom stereocenters. The summed E-state index contributed by atoms with van der Waals surface area (Å²) in [4.78, 5) is 18.4. The van der Waals surface area contributed by atoms with Crippen molar-refractivity contribution in [3.05, 3.63) is 135 Å². The number of ether oxygens (including phenoxy) is 1. The van der Waals surface area contributed by atoms with Crippen LogP contribution in [-0.4, -0.2) is 31.0 Å². The number of thiazole rings is 1. The Kier molecular flexibility index (Phi) is 6.91. The van der Waals surface area contributed by atoms with Crippen LogP contribution < -0.4 is 14.8 Å². The molecule has 8 heteroatoms. The van der Waals surface area contributed by atoms with Gasteiger partial charge in [0.1, 0.15) is 12.4 Å². The first-order chi connectivity index (χ1) is 19.6. The minimum atomic E-state index is -0.210. The number of aromatic nitrogens is 5. The third-order valence-corrected chi connectivity index (χ3v) is 7.21. The molecule has 3 heterocycles. The van der Waals surface area contributed by atoms with Gasteiger partial charge < -0.3 is 4.74 Å². The van der Waals surface area contributed by atoms with Gasteiger partial charge in [0, 0.05) is 17.3 Å². The van der Waals surface area contributed by atoms with E-state index in [4.69, 9.17) is 9.84 Å². The summed E-state index contributed by atoms with van der Waals surface area (Å²) in [6.45, 7) is 6.17. The number of rotatable bonds is 8. The lowest BCUT2D eigenvalue weighted by Gasteiger charge is -2.02. The Morgan fingerprint density at radius 3 is 2.45 bits per heavy atom. The highest BCUT2D eigenvalue weighted by molar-refractivity contribution is 7.15. The molecule has 6 aromatic rings. The monoisotopic (exact) mass is 543 g/mol. The first-order valence-electron chi connectivity index (χ1n) is 12.7. The van der Waals surface area contributed by atoms with E-state index in [1.165, 1.54) is 21.4 Å². The Balaban J connectivity index is 1.33. The summed E-state index contributed by atoms with van der Waals surface area (Å²) >= 11 is 1.31. The molecule has 3 aromatic carbocycles. The van der Waals surface area contributed by atoms with Crippen LogP contribution in [0.1, 0.15) is 22.5 Å². The van der Waals surface area contributed by atoms with Crippen LogP contribution in [-0.2, 0) is 0 Å². The number of para-hydroxylation sites is 1. The van der Waals surface area contributed by atoms with Gasteiger partial charge in [-0.2, -0.15) is 14.6 Å². The third kappa shape index (κ3) is 5.25. The molecular formula is C32H25N5O2S. The first-order valence-corrected chi connectivity index (χ1v) is 13.5. The van der Waals surface area contributed by atoms with Gasteiger partial charge in [0.25, 0.3) is 5.56 Å². The van der Waals surface area contributed by atoms with Crippen LogP contribution in [0.15, 0.2) is 103 Å². The fourth-order valence-electron chi connectivity index (χ4n) is 4.20. The lowest BCUT2D eigenvalue weighted by molar-refractivity contribution is 0.363. The molecule has 6 rings (SSSR count). The number of fused-ring (bicyclic) bond motifs is 1.